The molecule has 0 aliphatic heterocycles. The zero-order chi connectivity index (χ0) is 15.4. The lowest BCUT2D eigenvalue weighted by atomic mass is 10.1. The summed E-state index contributed by atoms with van der Waals surface area (Å²) in [5, 5.41) is 4.29. The molecule has 2 aromatic rings. The number of benzene rings is 1. The van der Waals surface area contributed by atoms with Gasteiger partial charge in [0.15, 0.2) is 0 Å². The summed E-state index contributed by atoms with van der Waals surface area (Å²) >= 11 is 5.07. The van der Waals surface area contributed by atoms with Crippen molar-refractivity contribution < 1.29 is 9.47 Å². The summed E-state index contributed by atoms with van der Waals surface area (Å²) in [6, 6.07) is 7.85. The third kappa shape index (κ3) is 3.59. The molecule has 21 heavy (non-hydrogen) atoms. The summed E-state index contributed by atoms with van der Waals surface area (Å²) < 4.78 is 12.6. The molecule has 1 aromatic carbocycles. The van der Waals surface area contributed by atoms with Crippen molar-refractivity contribution in [3.63, 3.8) is 0 Å². The van der Waals surface area contributed by atoms with Crippen LogP contribution in [0.15, 0.2) is 24.3 Å². The molecule has 0 unspecified atom stereocenters. The third-order valence-corrected chi connectivity index (χ3v) is 3.35. The van der Waals surface area contributed by atoms with E-state index in [0.29, 0.717) is 18.1 Å². The lowest BCUT2D eigenvalue weighted by Crippen LogP contribution is -2.11. The SMILES string of the molecule is COCCc1ccc(Oc2c(C(N)=S)c(C)nn2C)cc1. The van der Waals surface area contributed by atoms with Crippen LogP contribution in [0.3, 0.4) is 0 Å². The molecule has 0 bridgehead atoms. The smallest absolute Gasteiger partial charge is 0.228 e. The maximum absolute atomic E-state index is 5.88. The normalized spacial score (nSPS) is 10.6. The van der Waals surface area contributed by atoms with Gasteiger partial charge in [-0.05, 0) is 31.0 Å². The van der Waals surface area contributed by atoms with Gasteiger partial charge in [0.1, 0.15) is 10.7 Å². The Morgan fingerprint density at radius 1 is 1.33 bits per heavy atom. The van der Waals surface area contributed by atoms with Gasteiger partial charge in [-0.1, -0.05) is 24.4 Å². The minimum Gasteiger partial charge on any atom is -0.439 e. The van der Waals surface area contributed by atoms with Gasteiger partial charge in [0.25, 0.3) is 0 Å². The number of nitrogens with zero attached hydrogens (tertiary/aromatic N) is 2. The van der Waals surface area contributed by atoms with E-state index < -0.39 is 0 Å². The number of methoxy groups -OCH3 is 1. The van der Waals surface area contributed by atoms with Crippen LogP contribution in [0.25, 0.3) is 0 Å². The first-order valence-corrected chi connectivity index (χ1v) is 7.03. The van der Waals surface area contributed by atoms with Crippen LogP contribution in [0, 0.1) is 6.92 Å². The largest absolute Gasteiger partial charge is 0.439 e. The highest BCUT2D eigenvalue weighted by Gasteiger charge is 2.17. The Kier molecular flexibility index (Phi) is 4.93. The predicted molar refractivity (Wildman–Crippen MR) is 85.9 cm³/mol. The summed E-state index contributed by atoms with van der Waals surface area (Å²) in [6.45, 7) is 2.56. The number of rotatable bonds is 6. The molecule has 6 heteroatoms. The van der Waals surface area contributed by atoms with Gasteiger partial charge >= 0.3 is 0 Å². The summed E-state index contributed by atoms with van der Waals surface area (Å²) in [5.74, 6) is 1.28. The first kappa shape index (κ1) is 15.5. The van der Waals surface area contributed by atoms with Crippen molar-refractivity contribution in [1.82, 2.24) is 9.78 Å². The number of nitrogens with two attached hydrogens (primary N) is 1. The van der Waals surface area contributed by atoms with Gasteiger partial charge in [-0.25, -0.2) is 4.68 Å². The third-order valence-electron chi connectivity index (χ3n) is 3.15. The van der Waals surface area contributed by atoms with E-state index >= 15 is 0 Å². The highest BCUT2D eigenvalue weighted by atomic mass is 32.1. The summed E-state index contributed by atoms with van der Waals surface area (Å²) in [6.07, 6.45) is 0.875. The molecular formula is C15H19N3O2S. The molecule has 0 spiro atoms. The van der Waals surface area contributed by atoms with Crippen molar-refractivity contribution >= 4 is 17.2 Å². The van der Waals surface area contributed by atoms with Gasteiger partial charge in [-0.2, -0.15) is 5.10 Å². The van der Waals surface area contributed by atoms with Crippen LogP contribution < -0.4 is 10.5 Å². The Hall–Kier alpha value is -1.92. The summed E-state index contributed by atoms with van der Waals surface area (Å²) in [7, 11) is 3.50. The molecule has 1 aromatic heterocycles. The zero-order valence-electron chi connectivity index (χ0n) is 12.4. The van der Waals surface area contributed by atoms with Crippen molar-refractivity contribution in [2.24, 2.45) is 12.8 Å². The highest BCUT2D eigenvalue weighted by molar-refractivity contribution is 7.80. The van der Waals surface area contributed by atoms with Crippen LogP contribution in [0.4, 0.5) is 0 Å². The molecule has 0 aliphatic carbocycles. The first-order valence-electron chi connectivity index (χ1n) is 6.62. The predicted octanol–water partition coefficient (Wildman–Crippen LogP) is 2.34. The van der Waals surface area contributed by atoms with E-state index in [0.717, 1.165) is 17.9 Å². The van der Waals surface area contributed by atoms with Gasteiger partial charge < -0.3 is 15.2 Å². The fourth-order valence-corrected chi connectivity index (χ4v) is 2.33. The maximum atomic E-state index is 5.88. The molecule has 0 amide bonds. The van der Waals surface area contributed by atoms with E-state index in [1.165, 1.54) is 5.56 Å². The van der Waals surface area contributed by atoms with Gasteiger partial charge in [0.2, 0.25) is 5.88 Å². The van der Waals surface area contributed by atoms with E-state index in [-0.39, 0.29) is 4.99 Å². The van der Waals surface area contributed by atoms with Crippen LogP contribution in [-0.4, -0.2) is 28.5 Å². The second-order valence-corrected chi connectivity index (χ2v) is 5.18. The lowest BCUT2D eigenvalue weighted by molar-refractivity contribution is 0.202. The molecule has 112 valence electrons. The van der Waals surface area contributed by atoms with E-state index in [2.05, 4.69) is 5.10 Å². The minimum absolute atomic E-state index is 0.285. The Balaban J connectivity index is 2.20. The van der Waals surface area contributed by atoms with E-state index in [4.69, 9.17) is 27.4 Å². The molecule has 2 N–H and O–H groups in total. The minimum atomic E-state index is 0.285. The molecule has 0 radical (unpaired) electrons. The number of aryl methyl sites for hydroxylation is 2. The van der Waals surface area contributed by atoms with Crippen molar-refractivity contribution in [3.8, 4) is 11.6 Å². The van der Waals surface area contributed by atoms with Gasteiger partial charge in [0, 0.05) is 14.2 Å². The summed E-state index contributed by atoms with van der Waals surface area (Å²) in [5.41, 5.74) is 8.38. The molecule has 2 rings (SSSR count). The molecule has 0 fully saturated rings. The molecule has 0 saturated heterocycles. The standard InChI is InChI=1S/C15H19N3O2S/c1-10-13(14(16)21)15(18(2)17-10)20-12-6-4-11(5-7-12)8-9-19-3/h4-7H,8-9H2,1-3H3,(H2,16,21). The Bertz CT molecular complexity index is 635. The van der Waals surface area contributed by atoms with Gasteiger partial charge in [0.05, 0.1) is 17.9 Å². The topological polar surface area (TPSA) is 62.3 Å². The number of hydrogen-bond donors (Lipinski definition) is 1. The maximum Gasteiger partial charge on any atom is 0.228 e. The van der Waals surface area contributed by atoms with Crippen LogP contribution in [0.2, 0.25) is 0 Å². The van der Waals surface area contributed by atoms with E-state index in [1.54, 1.807) is 18.8 Å². The molecule has 0 aliphatic rings. The van der Waals surface area contributed by atoms with E-state index in [9.17, 15) is 0 Å². The van der Waals surface area contributed by atoms with Gasteiger partial charge in [-0.3, -0.25) is 0 Å². The van der Waals surface area contributed by atoms with Crippen molar-refractivity contribution in [2.75, 3.05) is 13.7 Å². The Morgan fingerprint density at radius 3 is 2.57 bits per heavy atom. The van der Waals surface area contributed by atoms with Crippen molar-refractivity contribution in [3.05, 3.63) is 41.1 Å². The number of thiocarbonyl (C=S) groups is 1. The zero-order valence-corrected chi connectivity index (χ0v) is 13.2. The van der Waals surface area contributed by atoms with Crippen LogP contribution in [0.1, 0.15) is 16.8 Å². The fraction of sp³-hybridized carbons (Fsp3) is 0.333. The first-order chi connectivity index (χ1) is 10.0. The Morgan fingerprint density at radius 2 is 2.00 bits per heavy atom. The quantitative estimate of drug-likeness (QED) is 0.830. The number of hydrogen-bond acceptors (Lipinski definition) is 4. The number of ether oxygens (including phenoxy) is 2. The highest BCUT2D eigenvalue weighted by Crippen LogP contribution is 2.27. The molecule has 0 atom stereocenters. The Labute approximate surface area is 129 Å². The van der Waals surface area contributed by atoms with Crippen molar-refractivity contribution in [2.45, 2.75) is 13.3 Å². The van der Waals surface area contributed by atoms with Crippen LogP contribution >= 0.6 is 12.2 Å². The number of aromatic nitrogens is 2. The monoisotopic (exact) mass is 305 g/mol. The van der Waals surface area contributed by atoms with Gasteiger partial charge in [-0.15, -0.1) is 0 Å². The lowest BCUT2D eigenvalue weighted by Gasteiger charge is -2.09. The average Bonchev–Trinajstić information content (AvgIpc) is 2.72. The summed E-state index contributed by atoms with van der Waals surface area (Å²) in [4.78, 5) is 0.285. The van der Waals surface area contributed by atoms with Crippen molar-refractivity contribution in [1.29, 1.82) is 0 Å². The fourth-order valence-electron chi connectivity index (χ4n) is 2.09. The molecular weight excluding hydrogens is 286 g/mol. The molecule has 5 nitrogen and oxygen atoms in total. The van der Waals surface area contributed by atoms with Crippen LogP contribution in [0.5, 0.6) is 11.6 Å². The average molecular weight is 305 g/mol. The molecule has 0 saturated carbocycles. The molecule has 1 heterocycles. The second kappa shape index (κ2) is 6.69. The van der Waals surface area contributed by atoms with E-state index in [1.807, 2.05) is 31.2 Å². The van der Waals surface area contributed by atoms with Crippen LogP contribution in [-0.2, 0) is 18.2 Å². The second-order valence-electron chi connectivity index (χ2n) is 4.74.